The Kier molecular flexibility index (Phi) is 7.94. The van der Waals surface area contributed by atoms with Crippen molar-refractivity contribution in [3.8, 4) is 11.5 Å². The van der Waals surface area contributed by atoms with E-state index < -0.39 is 16.0 Å². The lowest BCUT2D eigenvalue weighted by Crippen LogP contribution is -2.28. The molecule has 3 rings (SSSR count). The molecule has 3 N–H and O–H groups in total. The summed E-state index contributed by atoms with van der Waals surface area (Å²) in [5, 5.41) is 12.4. The van der Waals surface area contributed by atoms with Crippen LogP contribution in [0.2, 0.25) is 0 Å². The van der Waals surface area contributed by atoms with Crippen LogP contribution < -0.4 is 19.5 Å². The number of aromatic carboxylic acids is 1. The van der Waals surface area contributed by atoms with E-state index >= 15 is 0 Å². The molecule has 0 radical (unpaired) electrons. The molecule has 10 heteroatoms. The highest BCUT2D eigenvalue weighted by atomic mass is 32.2. The molecule has 0 aromatic heterocycles. The fourth-order valence-electron chi connectivity index (χ4n) is 3.50. The summed E-state index contributed by atoms with van der Waals surface area (Å²) in [6.45, 7) is 1.26. The van der Waals surface area contributed by atoms with Gasteiger partial charge in [0.2, 0.25) is 10.0 Å². The van der Waals surface area contributed by atoms with E-state index in [4.69, 9.17) is 14.2 Å². The van der Waals surface area contributed by atoms with Crippen molar-refractivity contribution in [1.29, 1.82) is 0 Å². The molecule has 0 unspecified atom stereocenters. The Bertz CT molecular complexity index is 1050. The molecule has 1 aliphatic rings. The molecule has 32 heavy (non-hydrogen) atoms. The number of sulfonamides is 1. The van der Waals surface area contributed by atoms with E-state index in [2.05, 4.69) is 10.0 Å². The van der Waals surface area contributed by atoms with Crippen LogP contribution in [-0.4, -0.2) is 59.5 Å². The second kappa shape index (κ2) is 10.7. The molecule has 2 aromatic rings. The van der Waals surface area contributed by atoms with Crippen molar-refractivity contribution in [2.24, 2.45) is 0 Å². The number of methoxy groups -OCH3 is 2. The van der Waals surface area contributed by atoms with Gasteiger partial charge in [0.05, 0.1) is 31.6 Å². The minimum Gasteiger partial charge on any atom is -0.493 e. The number of carboxylic acid groups (broad SMARTS) is 1. The van der Waals surface area contributed by atoms with Gasteiger partial charge in [-0.05, 0) is 55.2 Å². The Morgan fingerprint density at radius 3 is 2.59 bits per heavy atom. The summed E-state index contributed by atoms with van der Waals surface area (Å²) in [7, 11) is -0.888. The Balaban J connectivity index is 1.73. The SMILES string of the molecule is COc1ccc(CCNS(=O)(=O)c2cc(C(=O)O)ccc2NC[C@H]2CCCO2)cc1OC. The third-order valence-corrected chi connectivity index (χ3v) is 6.72. The summed E-state index contributed by atoms with van der Waals surface area (Å²) in [5.74, 6) is -0.0515. The zero-order valence-electron chi connectivity index (χ0n) is 18.1. The Morgan fingerprint density at radius 2 is 1.94 bits per heavy atom. The summed E-state index contributed by atoms with van der Waals surface area (Å²) in [4.78, 5) is 11.3. The van der Waals surface area contributed by atoms with Crippen molar-refractivity contribution in [2.75, 3.05) is 39.2 Å². The van der Waals surface area contributed by atoms with Crippen LogP contribution in [0.5, 0.6) is 11.5 Å². The molecule has 174 valence electrons. The van der Waals surface area contributed by atoms with Crippen molar-refractivity contribution in [2.45, 2.75) is 30.3 Å². The Morgan fingerprint density at radius 1 is 1.16 bits per heavy atom. The number of carbonyl (C=O) groups is 1. The quantitative estimate of drug-likeness (QED) is 0.464. The first-order valence-corrected chi connectivity index (χ1v) is 11.8. The highest BCUT2D eigenvalue weighted by Crippen LogP contribution is 2.28. The van der Waals surface area contributed by atoms with Crippen LogP contribution in [0.4, 0.5) is 5.69 Å². The standard InChI is InChI=1S/C22H28N2O7S/c1-29-19-8-5-15(12-20(19)30-2)9-10-24-32(27,28)21-13-16(22(25)26)6-7-18(21)23-14-17-4-3-11-31-17/h5-8,12-13,17,23-24H,3-4,9-11,14H2,1-2H3,(H,25,26)/t17-/m1/s1. The monoisotopic (exact) mass is 464 g/mol. The minimum absolute atomic E-state index is 0.00251. The van der Waals surface area contributed by atoms with E-state index in [1.807, 2.05) is 6.07 Å². The molecule has 1 aliphatic heterocycles. The second-order valence-electron chi connectivity index (χ2n) is 7.37. The fourth-order valence-corrected chi connectivity index (χ4v) is 4.73. The third-order valence-electron chi connectivity index (χ3n) is 5.22. The van der Waals surface area contributed by atoms with Crippen LogP contribution >= 0.6 is 0 Å². The number of ether oxygens (including phenoxy) is 3. The van der Waals surface area contributed by atoms with E-state index in [1.54, 1.807) is 19.2 Å². The molecule has 9 nitrogen and oxygen atoms in total. The number of nitrogens with one attached hydrogen (secondary N) is 2. The van der Waals surface area contributed by atoms with Crippen LogP contribution in [0.1, 0.15) is 28.8 Å². The number of hydrogen-bond acceptors (Lipinski definition) is 7. The van der Waals surface area contributed by atoms with Crippen molar-refractivity contribution in [3.63, 3.8) is 0 Å². The van der Waals surface area contributed by atoms with Gasteiger partial charge < -0.3 is 24.6 Å². The molecule has 0 aliphatic carbocycles. The Labute approximate surface area is 187 Å². The van der Waals surface area contributed by atoms with Gasteiger partial charge in [-0.15, -0.1) is 0 Å². The zero-order chi connectivity index (χ0) is 23.1. The number of carboxylic acids is 1. The lowest BCUT2D eigenvalue weighted by molar-refractivity contribution is 0.0696. The maximum atomic E-state index is 13.0. The van der Waals surface area contributed by atoms with Gasteiger partial charge in [-0.2, -0.15) is 0 Å². The average molecular weight is 465 g/mol. The second-order valence-corrected chi connectivity index (χ2v) is 9.10. The van der Waals surface area contributed by atoms with Gasteiger partial charge in [0.15, 0.2) is 11.5 Å². The first-order chi connectivity index (χ1) is 15.3. The Hall–Kier alpha value is -2.82. The largest absolute Gasteiger partial charge is 0.493 e. The lowest BCUT2D eigenvalue weighted by atomic mass is 10.1. The number of rotatable bonds is 11. The first kappa shape index (κ1) is 23.8. The van der Waals surface area contributed by atoms with E-state index in [0.29, 0.717) is 36.8 Å². The summed E-state index contributed by atoms with van der Waals surface area (Å²) in [6, 6.07) is 9.39. The van der Waals surface area contributed by atoms with Gasteiger partial charge in [-0.3, -0.25) is 0 Å². The molecule has 1 fully saturated rings. The van der Waals surface area contributed by atoms with Gasteiger partial charge in [0, 0.05) is 19.7 Å². The fraction of sp³-hybridized carbons (Fsp3) is 0.409. The molecule has 0 spiro atoms. The maximum absolute atomic E-state index is 13.0. The molecule has 1 heterocycles. The smallest absolute Gasteiger partial charge is 0.335 e. The molecule has 0 bridgehead atoms. The normalized spacial score (nSPS) is 16.0. The predicted octanol–water partition coefficient (Wildman–Crippen LogP) is 2.51. The van der Waals surface area contributed by atoms with Gasteiger partial charge in [-0.1, -0.05) is 6.07 Å². The molecular weight excluding hydrogens is 436 g/mol. The molecule has 1 atom stereocenters. The minimum atomic E-state index is -3.96. The van der Waals surface area contributed by atoms with Gasteiger partial charge in [0.1, 0.15) is 4.90 Å². The van der Waals surface area contributed by atoms with Crippen LogP contribution in [0.25, 0.3) is 0 Å². The highest BCUT2D eigenvalue weighted by Gasteiger charge is 2.22. The number of hydrogen-bond donors (Lipinski definition) is 3. The first-order valence-electron chi connectivity index (χ1n) is 10.3. The van der Waals surface area contributed by atoms with Crippen molar-refractivity contribution in [3.05, 3.63) is 47.5 Å². The molecule has 0 amide bonds. The van der Waals surface area contributed by atoms with Gasteiger partial charge in [-0.25, -0.2) is 17.9 Å². The summed E-state index contributed by atoms with van der Waals surface area (Å²) in [5.41, 5.74) is 1.10. The molecule has 1 saturated heterocycles. The summed E-state index contributed by atoms with van der Waals surface area (Å²) >= 11 is 0. The van der Waals surface area contributed by atoms with Crippen LogP contribution in [0.3, 0.4) is 0 Å². The average Bonchev–Trinajstić information content (AvgIpc) is 3.31. The van der Waals surface area contributed by atoms with E-state index in [0.717, 1.165) is 18.4 Å². The number of anilines is 1. The molecule has 2 aromatic carbocycles. The van der Waals surface area contributed by atoms with E-state index in [-0.39, 0.29) is 23.1 Å². The highest BCUT2D eigenvalue weighted by molar-refractivity contribution is 7.89. The topological polar surface area (TPSA) is 123 Å². The number of benzene rings is 2. The van der Waals surface area contributed by atoms with E-state index in [1.165, 1.54) is 25.3 Å². The molecular formula is C22H28N2O7S. The predicted molar refractivity (Wildman–Crippen MR) is 119 cm³/mol. The summed E-state index contributed by atoms with van der Waals surface area (Å²) in [6.07, 6.45) is 2.28. The van der Waals surface area contributed by atoms with Gasteiger partial charge in [0.25, 0.3) is 0 Å². The lowest BCUT2D eigenvalue weighted by Gasteiger charge is -2.16. The van der Waals surface area contributed by atoms with Crippen molar-refractivity contribution >= 4 is 21.7 Å². The van der Waals surface area contributed by atoms with Crippen LogP contribution in [0, 0.1) is 0 Å². The van der Waals surface area contributed by atoms with Crippen LogP contribution in [-0.2, 0) is 21.2 Å². The maximum Gasteiger partial charge on any atom is 0.335 e. The van der Waals surface area contributed by atoms with Crippen LogP contribution in [0.15, 0.2) is 41.3 Å². The zero-order valence-corrected chi connectivity index (χ0v) is 18.9. The summed E-state index contributed by atoms with van der Waals surface area (Å²) < 4.78 is 44.7. The van der Waals surface area contributed by atoms with Gasteiger partial charge >= 0.3 is 5.97 Å². The third kappa shape index (κ3) is 5.90. The van der Waals surface area contributed by atoms with Crippen molar-refractivity contribution in [1.82, 2.24) is 4.72 Å². The molecule has 0 saturated carbocycles. The van der Waals surface area contributed by atoms with E-state index in [9.17, 15) is 18.3 Å². The van der Waals surface area contributed by atoms with Crippen molar-refractivity contribution < 1.29 is 32.5 Å².